The molecule has 1 aromatic carbocycles. The second-order valence-corrected chi connectivity index (χ2v) is 6.87. The number of amides is 2. The molecule has 0 bridgehead atoms. The fourth-order valence-corrected chi connectivity index (χ4v) is 4.26. The molecule has 0 heterocycles. The molecular formula is C18H27N3O. The molecule has 1 unspecified atom stereocenters. The Morgan fingerprint density at radius 1 is 1.09 bits per heavy atom. The molecule has 0 radical (unpaired) electrons. The lowest BCUT2D eigenvalue weighted by Crippen LogP contribution is -2.49. The number of benzene rings is 1. The van der Waals surface area contributed by atoms with Crippen LogP contribution in [-0.4, -0.2) is 12.1 Å². The maximum Gasteiger partial charge on any atom is 0.319 e. The zero-order chi connectivity index (χ0) is 15.4. The Bertz CT molecular complexity index is 506. The molecule has 0 aliphatic heterocycles. The summed E-state index contributed by atoms with van der Waals surface area (Å²) in [6.07, 6.45) is 10.2. The molecule has 1 aromatic rings. The second-order valence-electron chi connectivity index (χ2n) is 6.87. The highest BCUT2D eigenvalue weighted by Gasteiger charge is 2.43. The Balaban J connectivity index is 1.60. The van der Waals surface area contributed by atoms with Crippen molar-refractivity contribution in [3.05, 3.63) is 29.8 Å². The second kappa shape index (κ2) is 6.69. The first-order valence-electron chi connectivity index (χ1n) is 8.58. The molecule has 22 heavy (non-hydrogen) atoms. The highest BCUT2D eigenvalue weighted by molar-refractivity contribution is 5.89. The van der Waals surface area contributed by atoms with E-state index in [2.05, 4.69) is 10.6 Å². The topological polar surface area (TPSA) is 67.1 Å². The lowest BCUT2D eigenvalue weighted by molar-refractivity contribution is 0.136. The number of carbonyl (C=O) groups is 1. The van der Waals surface area contributed by atoms with Crippen molar-refractivity contribution >= 4 is 11.7 Å². The quantitative estimate of drug-likeness (QED) is 0.795. The Hall–Kier alpha value is -1.55. The van der Waals surface area contributed by atoms with Crippen molar-refractivity contribution in [3.63, 3.8) is 0 Å². The van der Waals surface area contributed by atoms with E-state index < -0.39 is 0 Å². The molecule has 4 N–H and O–H groups in total. The van der Waals surface area contributed by atoms with Gasteiger partial charge in [0, 0.05) is 18.3 Å². The highest BCUT2D eigenvalue weighted by atomic mass is 16.2. The van der Waals surface area contributed by atoms with Crippen LogP contribution in [0, 0.1) is 5.41 Å². The Morgan fingerprint density at radius 2 is 1.73 bits per heavy atom. The number of nitrogens with one attached hydrogen (secondary N) is 2. The first kappa shape index (κ1) is 15.3. The minimum absolute atomic E-state index is 0.0707. The van der Waals surface area contributed by atoms with Crippen LogP contribution >= 0.6 is 0 Å². The van der Waals surface area contributed by atoms with Crippen LogP contribution in [0.15, 0.2) is 24.3 Å². The molecule has 4 nitrogen and oxygen atoms in total. The SMILES string of the molecule is NCc1ccc(NC(=O)NC2CCCCC23CCCC3)cc1. The lowest BCUT2D eigenvalue weighted by Gasteiger charge is -2.42. The molecular weight excluding hydrogens is 274 g/mol. The number of hydrogen-bond acceptors (Lipinski definition) is 2. The Labute approximate surface area is 132 Å². The number of carbonyl (C=O) groups excluding carboxylic acids is 1. The predicted octanol–water partition coefficient (Wildman–Crippen LogP) is 3.77. The third-order valence-electron chi connectivity index (χ3n) is 5.51. The first-order valence-corrected chi connectivity index (χ1v) is 8.58. The van der Waals surface area contributed by atoms with E-state index in [-0.39, 0.29) is 6.03 Å². The van der Waals surface area contributed by atoms with Gasteiger partial charge in [0.05, 0.1) is 0 Å². The summed E-state index contributed by atoms with van der Waals surface area (Å²) in [5.41, 5.74) is 7.86. The van der Waals surface area contributed by atoms with Crippen LogP contribution in [0.3, 0.4) is 0 Å². The zero-order valence-electron chi connectivity index (χ0n) is 13.2. The van der Waals surface area contributed by atoms with E-state index >= 15 is 0 Å². The molecule has 2 aliphatic carbocycles. The van der Waals surface area contributed by atoms with Crippen molar-refractivity contribution < 1.29 is 4.79 Å². The smallest absolute Gasteiger partial charge is 0.319 e. The summed E-state index contributed by atoms with van der Waals surface area (Å²) in [6.45, 7) is 0.525. The minimum atomic E-state index is -0.0707. The molecule has 1 spiro atoms. The maximum absolute atomic E-state index is 12.3. The molecule has 0 saturated heterocycles. The molecule has 0 aromatic heterocycles. The molecule has 2 aliphatic rings. The van der Waals surface area contributed by atoms with Crippen molar-refractivity contribution in [2.24, 2.45) is 11.1 Å². The van der Waals surface area contributed by atoms with Gasteiger partial charge in [-0.15, -0.1) is 0 Å². The Morgan fingerprint density at radius 3 is 2.36 bits per heavy atom. The van der Waals surface area contributed by atoms with Gasteiger partial charge in [0.25, 0.3) is 0 Å². The average molecular weight is 301 g/mol. The van der Waals surface area contributed by atoms with Gasteiger partial charge in [-0.3, -0.25) is 0 Å². The largest absolute Gasteiger partial charge is 0.335 e. The fourth-order valence-electron chi connectivity index (χ4n) is 4.26. The van der Waals surface area contributed by atoms with Crippen LogP contribution in [0.5, 0.6) is 0 Å². The van der Waals surface area contributed by atoms with Gasteiger partial charge >= 0.3 is 6.03 Å². The molecule has 2 amide bonds. The van der Waals surface area contributed by atoms with E-state index in [1.807, 2.05) is 24.3 Å². The van der Waals surface area contributed by atoms with E-state index in [1.54, 1.807) is 0 Å². The van der Waals surface area contributed by atoms with Crippen LogP contribution in [-0.2, 0) is 6.54 Å². The van der Waals surface area contributed by atoms with Gasteiger partial charge in [0.1, 0.15) is 0 Å². The van der Waals surface area contributed by atoms with Crippen molar-refractivity contribution in [1.29, 1.82) is 0 Å². The van der Waals surface area contributed by atoms with Gasteiger partial charge in [0.15, 0.2) is 0 Å². The summed E-state index contributed by atoms with van der Waals surface area (Å²) in [5, 5.41) is 6.21. The first-order chi connectivity index (χ1) is 10.7. The van der Waals surface area contributed by atoms with Crippen molar-refractivity contribution in [2.75, 3.05) is 5.32 Å². The number of hydrogen-bond donors (Lipinski definition) is 3. The normalized spacial score (nSPS) is 23.4. The van der Waals surface area contributed by atoms with Crippen LogP contribution in [0.1, 0.15) is 56.9 Å². The van der Waals surface area contributed by atoms with E-state index in [1.165, 1.54) is 44.9 Å². The molecule has 3 rings (SSSR count). The van der Waals surface area contributed by atoms with Crippen LogP contribution < -0.4 is 16.4 Å². The number of anilines is 1. The van der Waals surface area contributed by atoms with Gasteiger partial charge in [0.2, 0.25) is 0 Å². The standard InChI is InChI=1S/C18H27N3O/c19-13-14-6-8-15(9-7-14)20-17(22)21-16-5-1-2-10-18(16)11-3-4-12-18/h6-9,16H,1-5,10-13,19H2,(H2,20,21,22). The van der Waals surface area contributed by atoms with E-state index in [4.69, 9.17) is 5.73 Å². The summed E-state index contributed by atoms with van der Waals surface area (Å²) in [6, 6.07) is 8.00. The third-order valence-corrected chi connectivity index (χ3v) is 5.51. The maximum atomic E-state index is 12.3. The summed E-state index contributed by atoms with van der Waals surface area (Å²) >= 11 is 0. The monoisotopic (exact) mass is 301 g/mol. The molecule has 4 heteroatoms. The summed E-state index contributed by atoms with van der Waals surface area (Å²) in [7, 11) is 0. The van der Waals surface area contributed by atoms with E-state index in [0.717, 1.165) is 17.7 Å². The van der Waals surface area contributed by atoms with Gasteiger partial charge in [-0.2, -0.15) is 0 Å². The van der Waals surface area contributed by atoms with Crippen LogP contribution in [0.2, 0.25) is 0 Å². The Kier molecular flexibility index (Phi) is 4.67. The van der Waals surface area contributed by atoms with Gasteiger partial charge in [-0.05, 0) is 48.8 Å². The molecule has 2 saturated carbocycles. The number of urea groups is 1. The molecule has 120 valence electrons. The summed E-state index contributed by atoms with van der Waals surface area (Å²) in [5.74, 6) is 0. The molecule has 1 atom stereocenters. The van der Waals surface area contributed by atoms with E-state index in [9.17, 15) is 4.79 Å². The van der Waals surface area contributed by atoms with Gasteiger partial charge in [-0.1, -0.05) is 37.8 Å². The van der Waals surface area contributed by atoms with Gasteiger partial charge in [-0.25, -0.2) is 4.79 Å². The van der Waals surface area contributed by atoms with Crippen molar-refractivity contribution in [1.82, 2.24) is 5.32 Å². The summed E-state index contributed by atoms with van der Waals surface area (Å²) < 4.78 is 0. The molecule has 2 fully saturated rings. The average Bonchev–Trinajstić information content (AvgIpc) is 3.00. The van der Waals surface area contributed by atoms with E-state index in [0.29, 0.717) is 18.0 Å². The van der Waals surface area contributed by atoms with Crippen LogP contribution in [0.4, 0.5) is 10.5 Å². The fraction of sp³-hybridized carbons (Fsp3) is 0.611. The van der Waals surface area contributed by atoms with Crippen LogP contribution in [0.25, 0.3) is 0 Å². The number of nitrogens with two attached hydrogens (primary N) is 1. The minimum Gasteiger partial charge on any atom is -0.335 e. The van der Waals surface area contributed by atoms with Crippen molar-refractivity contribution in [3.8, 4) is 0 Å². The summed E-state index contributed by atoms with van der Waals surface area (Å²) in [4.78, 5) is 12.3. The third kappa shape index (κ3) is 3.27. The zero-order valence-corrected chi connectivity index (χ0v) is 13.2. The highest BCUT2D eigenvalue weighted by Crippen LogP contribution is 2.49. The van der Waals surface area contributed by atoms with Crippen molar-refractivity contribution in [2.45, 2.75) is 64.0 Å². The number of rotatable bonds is 3. The lowest BCUT2D eigenvalue weighted by atomic mass is 9.69. The van der Waals surface area contributed by atoms with Gasteiger partial charge < -0.3 is 16.4 Å². The predicted molar refractivity (Wildman–Crippen MR) is 89.6 cm³/mol.